The van der Waals surface area contributed by atoms with Gasteiger partial charge in [-0.3, -0.25) is 0 Å². The molecule has 0 fully saturated rings. The maximum atomic E-state index is 6.17. The highest BCUT2D eigenvalue weighted by Gasteiger charge is 2.50. The second-order valence-electron chi connectivity index (χ2n) is 5.76. The van der Waals surface area contributed by atoms with E-state index in [0.717, 1.165) is 22.4 Å². The zero-order valence-corrected chi connectivity index (χ0v) is 15.1. The summed E-state index contributed by atoms with van der Waals surface area (Å²) in [7, 11) is 0. The fourth-order valence-electron chi connectivity index (χ4n) is 3.15. The molecule has 24 heavy (non-hydrogen) atoms. The Kier molecular flexibility index (Phi) is 4.10. The molecule has 0 radical (unpaired) electrons. The molecule has 0 amide bonds. The number of hydrogen-bond donors (Lipinski definition) is 0. The maximum Gasteiger partial charge on any atom is 0.205 e. The standard InChI is InChI=1S/C21H16INO/c22-20-19(16-10-4-1-5-11-16)23-24-21(20,17-12-6-2-7-13-17)18-14-8-3-9-15-18/h1-15,20H. The Morgan fingerprint density at radius 2 is 1.17 bits per heavy atom. The highest BCUT2D eigenvalue weighted by atomic mass is 127. The minimum atomic E-state index is -0.603. The van der Waals surface area contributed by atoms with E-state index < -0.39 is 5.60 Å². The Hall–Kier alpha value is -2.14. The first kappa shape index (κ1) is 15.4. The lowest BCUT2D eigenvalue weighted by molar-refractivity contribution is 0.0168. The Morgan fingerprint density at radius 1 is 0.708 bits per heavy atom. The molecule has 1 heterocycles. The van der Waals surface area contributed by atoms with Gasteiger partial charge in [0.05, 0.1) is 0 Å². The molecule has 4 rings (SSSR count). The molecule has 1 atom stereocenters. The molecule has 3 heteroatoms. The van der Waals surface area contributed by atoms with Gasteiger partial charge in [-0.15, -0.1) is 0 Å². The van der Waals surface area contributed by atoms with E-state index in [1.165, 1.54) is 0 Å². The molecule has 0 N–H and O–H groups in total. The van der Waals surface area contributed by atoms with Crippen LogP contribution in [-0.4, -0.2) is 9.64 Å². The first-order valence-electron chi connectivity index (χ1n) is 7.89. The van der Waals surface area contributed by atoms with Crippen molar-refractivity contribution in [2.24, 2.45) is 5.16 Å². The molecule has 0 saturated heterocycles. The lowest BCUT2D eigenvalue weighted by Crippen LogP contribution is -2.38. The first-order chi connectivity index (χ1) is 11.8. The molecule has 0 aliphatic carbocycles. The van der Waals surface area contributed by atoms with Crippen LogP contribution in [0.1, 0.15) is 16.7 Å². The van der Waals surface area contributed by atoms with Crippen LogP contribution < -0.4 is 0 Å². The molecular formula is C21H16INO. The van der Waals surface area contributed by atoms with E-state index >= 15 is 0 Å². The van der Waals surface area contributed by atoms with Crippen LogP contribution in [0.4, 0.5) is 0 Å². The van der Waals surface area contributed by atoms with Gasteiger partial charge in [0.15, 0.2) is 0 Å². The average molecular weight is 425 g/mol. The zero-order valence-electron chi connectivity index (χ0n) is 13.0. The largest absolute Gasteiger partial charge is 0.378 e. The van der Waals surface area contributed by atoms with E-state index in [2.05, 4.69) is 64.1 Å². The summed E-state index contributed by atoms with van der Waals surface area (Å²) in [5, 5.41) is 4.50. The van der Waals surface area contributed by atoms with Crippen molar-refractivity contribution in [2.75, 3.05) is 0 Å². The van der Waals surface area contributed by atoms with Gasteiger partial charge < -0.3 is 4.84 Å². The van der Waals surface area contributed by atoms with Gasteiger partial charge in [0, 0.05) is 16.7 Å². The van der Waals surface area contributed by atoms with Gasteiger partial charge in [-0.2, -0.15) is 0 Å². The van der Waals surface area contributed by atoms with E-state index in [1.54, 1.807) is 0 Å². The van der Waals surface area contributed by atoms with Crippen LogP contribution in [0.2, 0.25) is 0 Å². The Morgan fingerprint density at radius 3 is 1.67 bits per heavy atom. The zero-order chi connectivity index (χ0) is 16.4. The summed E-state index contributed by atoms with van der Waals surface area (Å²) in [5.74, 6) is 0. The molecule has 118 valence electrons. The molecular weight excluding hydrogens is 409 g/mol. The van der Waals surface area contributed by atoms with Gasteiger partial charge in [0.1, 0.15) is 9.64 Å². The number of rotatable bonds is 3. The smallest absolute Gasteiger partial charge is 0.205 e. The lowest BCUT2D eigenvalue weighted by Gasteiger charge is -2.31. The SMILES string of the molecule is IC1C(c2ccccc2)=NOC1(c1ccccc1)c1ccccc1. The van der Waals surface area contributed by atoms with Gasteiger partial charge in [-0.1, -0.05) is 119 Å². The molecule has 3 aromatic carbocycles. The third-order valence-corrected chi connectivity index (χ3v) is 5.83. The van der Waals surface area contributed by atoms with Gasteiger partial charge in [0.25, 0.3) is 0 Å². The van der Waals surface area contributed by atoms with Crippen LogP contribution in [0.5, 0.6) is 0 Å². The summed E-state index contributed by atoms with van der Waals surface area (Å²) in [6.45, 7) is 0. The highest BCUT2D eigenvalue weighted by Crippen LogP contribution is 2.46. The second kappa shape index (κ2) is 6.40. The van der Waals surface area contributed by atoms with E-state index in [9.17, 15) is 0 Å². The highest BCUT2D eigenvalue weighted by molar-refractivity contribution is 14.1. The van der Waals surface area contributed by atoms with Crippen molar-refractivity contribution >= 4 is 28.3 Å². The van der Waals surface area contributed by atoms with Crippen LogP contribution in [-0.2, 0) is 10.4 Å². The monoisotopic (exact) mass is 425 g/mol. The minimum Gasteiger partial charge on any atom is -0.378 e. The molecule has 0 aromatic heterocycles. The second-order valence-corrected chi connectivity index (χ2v) is 7.01. The molecule has 2 nitrogen and oxygen atoms in total. The van der Waals surface area contributed by atoms with Crippen molar-refractivity contribution in [3.8, 4) is 0 Å². The van der Waals surface area contributed by atoms with Gasteiger partial charge in [0.2, 0.25) is 5.60 Å². The number of alkyl halides is 1. The van der Waals surface area contributed by atoms with Gasteiger partial charge in [-0.25, -0.2) is 0 Å². The third-order valence-electron chi connectivity index (χ3n) is 4.36. The fraction of sp³-hybridized carbons (Fsp3) is 0.0952. The molecule has 1 aliphatic rings. The minimum absolute atomic E-state index is 0.0716. The first-order valence-corrected chi connectivity index (χ1v) is 9.13. The van der Waals surface area contributed by atoms with Crippen molar-refractivity contribution in [1.29, 1.82) is 0 Å². The molecule has 0 spiro atoms. The quantitative estimate of drug-likeness (QED) is 0.419. The van der Waals surface area contributed by atoms with E-state index in [4.69, 9.17) is 4.84 Å². The molecule has 3 aromatic rings. The molecule has 1 aliphatic heterocycles. The number of oxime groups is 1. The van der Waals surface area contributed by atoms with E-state index in [-0.39, 0.29) is 3.92 Å². The van der Waals surface area contributed by atoms with Crippen LogP contribution in [0, 0.1) is 0 Å². The predicted molar refractivity (Wildman–Crippen MR) is 106 cm³/mol. The van der Waals surface area contributed by atoms with Gasteiger partial charge >= 0.3 is 0 Å². The summed E-state index contributed by atoms with van der Waals surface area (Å²) in [5.41, 5.74) is 3.71. The lowest BCUT2D eigenvalue weighted by atomic mass is 9.81. The normalized spacial score (nSPS) is 18.7. The van der Waals surface area contributed by atoms with Crippen LogP contribution in [0.25, 0.3) is 0 Å². The summed E-state index contributed by atoms with van der Waals surface area (Å²) >= 11 is 2.46. The van der Waals surface area contributed by atoms with Gasteiger partial charge in [-0.05, 0) is 0 Å². The van der Waals surface area contributed by atoms with Crippen molar-refractivity contribution in [3.05, 3.63) is 108 Å². The third kappa shape index (κ3) is 2.44. The van der Waals surface area contributed by atoms with Crippen molar-refractivity contribution < 1.29 is 4.84 Å². The molecule has 0 bridgehead atoms. The summed E-state index contributed by atoms with van der Waals surface area (Å²) in [6.07, 6.45) is 0. The number of halogens is 1. The van der Waals surface area contributed by atoms with Crippen LogP contribution >= 0.6 is 22.6 Å². The number of nitrogens with zero attached hydrogens (tertiary/aromatic N) is 1. The topological polar surface area (TPSA) is 21.6 Å². The fourth-order valence-corrected chi connectivity index (χ4v) is 4.46. The maximum absolute atomic E-state index is 6.17. The predicted octanol–water partition coefficient (Wildman–Crippen LogP) is 5.17. The van der Waals surface area contributed by atoms with Crippen molar-refractivity contribution in [2.45, 2.75) is 9.53 Å². The van der Waals surface area contributed by atoms with Crippen molar-refractivity contribution in [3.63, 3.8) is 0 Å². The Bertz CT molecular complexity index is 807. The Labute approximate surface area is 155 Å². The Balaban J connectivity index is 1.85. The number of benzene rings is 3. The van der Waals surface area contributed by atoms with Crippen LogP contribution in [0.15, 0.2) is 96.2 Å². The molecule has 0 saturated carbocycles. The van der Waals surface area contributed by atoms with Crippen LogP contribution in [0.3, 0.4) is 0 Å². The summed E-state index contributed by atoms with van der Waals surface area (Å²) in [4.78, 5) is 6.17. The summed E-state index contributed by atoms with van der Waals surface area (Å²) in [6, 6.07) is 31.0. The van der Waals surface area contributed by atoms with Crippen molar-refractivity contribution in [1.82, 2.24) is 0 Å². The van der Waals surface area contributed by atoms with E-state index in [1.807, 2.05) is 54.6 Å². The molecule has 1 unspecified atom stereocenters. The summed E-state index contributed by atoms with van der Waals surface area (Å²) < 4.78 is 0.0716. The van der Waals surface area contributed by atoms with E-state index in [0.29, 0.717) is 0 Å². The number of hydrogen-bond acceptors (Lipinski definition) is 2. The average Bonchev–Trinajstić information content (AvgIpc) is 3.02.